The highest BCUT2D eigenvalue weighted by molar-refractivity contribution is 6.06. The number of hydrogen-bond donors (Lipinski definition) is 2. The second kappa shape index (κ2) is 7.97. The maximum Gasteiger partial charge on any atom is 0.274 e. The molecule has 29 heavy (non-hydrogen) atoms. The van der Waals surface area contributed by atoms with Crippen molar-refractivity contribution < 1.29 is 23.5 Å². The highest BCUT2D eigenvalue weighted by atomic mass is 19.1. The average molecular weight is 393 g/mol. The van der Waals surface area contributed by atoms with Crippen molar-refractivity contribution in [2.24, 2.45) is 0 Å². The lowest BCUT2D eigenvalue weighted by molar-refractivity contribution is 0.101. The molecule has 4 rings (SSSR count). The highest BCUT2D eigenvalue weighted by Gasteiger charge is 2.16. The summed E-state index contributed by atoms with van der Waals surface area (Å²) in [5.74, 6) is -0.529. The maximum atomic E-state index is 13.7. The zero-order valence-electron chi connectivity index (χ0n) is 15.1. The monoisotopic (exact) mass is 393 g/mol. The summed E-state index contributed by atoms with van der Waals surface area (Å²) in [5.41, 5.74) is 0.567. The summed E-state index contributed by atoms with van der Waals surface area (Å²) >= 11 is 0. The molecule has 146 valence electrons. The first-order valence-electron chi connectivity index (χ1n) is 8.84. The molecule has 0 saturated carbocycles. The van der Waals surface area contributed by atoms with Crippen LogP contribution in [0.1, 0.15) is 21.0 Å². The van der Waals surface area contributed by atoms with Gasteiger partial charge in [0.25, 0.3) is 11.8 Å². The number of hydrogen-bond acceptors (Lipinski definition) is 5. The van der Waals surface area contributed by atoms with Crippen molar-refractivity contribution in [1.29, 1.82) is 0 Å². The number of halogens is 1. The fourth-order valence-electron chi connectivity index (χ4n) is 2.75. The third-order valence-corrected chi connectivity index (χ3v) is 4.14. The first-order valence-corrected chi connectivity index (χ1v) is 8.84. The van der Waals surface area contributed by atoms with Gasteiger partial charge in [-0.1, -0.05) is 18.2 Å². The number of carbonyl (C=O) groups excluding carboxylic acids is 2. The minimum Gasteiger partial charge on any atom is -0.486 e. The molecule has 8 heteroatoms. The van der Waals surface area contributed by atoms with Crippen LogP contribution in [0.25, 0.3) is 0 Å². The Bertz CT molecular complexity index is 1090. The Morgan fingerprint density at radius 3 is 2.28 bits per heavy atom. The van der Waals surface area contributed by atoms with E-state index in [0.717, 1.165) is 0 Å². The van der Waals surface area contributed by atoms with Gasteiger partial charge in [-0.15, -0.1) is 0 Å². The number of benzene rings is 2. The largest absolute Gasteiger partial charge is 0.486 e. The van der Waals surface area contributed by atoms with E-state index < -0.39 is 17.6 Å². The zero-order valence-corrected chi connectivity index (χ0v) is 15.1. The lowest BCUT2D eigenvalue weighted by Gasteiger charge is -2.19. The second-order valence-electron chi connectivity index (χ2n) is 6.15. The van der Waals surface area contributed by atoms with Crippen molar-refractivity contribution in [3.63, 3.8) is 0 Å². The molecule has 7 nitrogen and oxygen atoms in total. The first kappa shape index (κ1) is 18.4. The molecule has 0 unspecified atom stereocenters. The molecule has 0 aliphatic carbocycles. The van der Waals surface area contributed by atoms with Crippen LogP contribution in [-0.4, -0.2) is 30.0 Å². The molecule has 1 aliphatic heterocycles. The summed E-state index contributed by atoms with van der Waals surface area (Å²) in [4.78, 5) is 29.0. The van der Waals surface area contributed by atoms with Crippen LogP contribution < -0.4 is 20.1 Å². The fourth-order valence-corrected chi connectivity index (χ4v) is 2.75. The molecule has 0 spiro atoms. The van der Waals surface area contributed by atoms with E-state index >= 15 is 0 Å². The quantitative estimate of drug-likeness (QED) is 0.708. The SMILES string of the molecule is O=C(Nc1ccc2c(c1)OCCO2)c1cccc(C(=O)Nc2ccccc2F)n1. The number of fused-ring (bicyclic) bond motifs is 1. The summed E-state index contributed by atoms with van der Waals surface area (Å²) in [5, 5.41) is 5.14. The van der Waals surface area contributed by atoms with Crippen molar-refractivity contribution in [2.45, 2.75) is 0 Å². The average Bonchev–Trinajstić information content (AvgIpc) is 2.75. The molecular weight excluding hydrogens is 377 g/mol. The van der Waals surface area contributed by atoms with Gasteiger partial charge in [-0.2, -0.15) is 0 Å². The number of ether oxygens (including phenoxy) is 2. The molecule has 2 aromatic carbocycles. The topological polar surface area (TPSA) is 89.5 Å². The fraction of sp³-hybridized carbons (Fsp3) is 0.0952. The Morgan fingerprint density at radius 1 is 0.828 bits per heavy atom. The van der Waals surface area contributed by atoms with E-state index in [2.05, 4.69) is 15.6 Å². The lowest BCUT2D eigenvalue weighted by Crippen LogP contribution is -2.19. The molecule has 0 fully saturated rings. The van der Waals surface area contributed by atoms with Crippen molar-refractivity contribution in [1.82, 2.24) is 4.98 Å². The Hall–Kier alpha value is -3.94. The standard InChI is InChI=1S/C21H16FN3O4/c22-14-4-1-2-5-15(14)25-21(27)17-7-3-6-16(24-17)20(26)23-13-8-9-18-19(12-13)29-11-10-28-18/h1-9,12H,10-11H2,(H,23,26)(H,25,27). The van der Waals surface area contributed by atoms with E-state index in [9.17, 15) is 14.0 Å². The third-order valence-electron chi connectivity index (χ3n) is 4.14. The number of nitrogens with one attached hydrogen (secondary N) is 2. The Balaban J connectivity index is 1.48. The molecule has 3 aromatic rings. The maximum absolute atomic E-state index is 13.7. The summed E-state index contributed by atoms with van der Waals surface area (Å²) in [6.45, 7) is 0.912. The number of carbonyl (C=O) groups is 2. The molecule has 2 heterocycles. The van der Waals surface area contributed by atoms with Crippen LogP contribution in [0.15, 0.2) is 60.7 Å². The summed E-state index contributed by atoms with van der Waals surface area (Å²) in [6.07, 6.45) is 0. The van der Waals surface area contributed by atoms with Crippen molar-refractivity contribution >= 4 is 23.2 Å². The normalized spacial score (nSPS) is 12.2. The number of anilines is 2. The van der Waals surface area contributed by atoms with Gasteiger partial charge in [-0.25, -0.2) is 9.37 Å². The van der Waals surface area contributed by atoms with Gasteiger partial charge in [0.1, 0.15) is 30.4 Å². The van der Waals surface area contributed by atoms with Crippen molar-refractivity contribution in [3.8, 4) is 11.5 Å². The minimum atomic E-state index is -0.621. The number of nitrogens with zero attached hydrogens (tertiary/aromatic N) is 1. The predicted molar refractivity (Wildman–Crippen MR) is 104 cm³/mol. The minimum absolute atomic E-state index is 0.0110. The van der Waals surface area contributed by atoms with Crippen LogP contribution in [0.4, 0.5) is 15.8 Å². The molecule has 1 aromatic heterocycles. The van der Waals surface area contributed by atoms with Gasteiger partial charge in [-0.05, 0) is 36.4 Å². The van der Waals surface area contributed by atoms with Gasteiger partial charge in [-0.3, -0.25) is 9.59 Å². The molecule has 1 aliphatic rings. The molecule has 0 saturated heterocycles. The number of rotatable bonds is 4. The van der Waals surface area contributed by atoms with E-state index in [1.54, 1.807) is 24.3 Å². The van der Waals surface area contributed by atoms with Crippen LogP contribution in [0.3, 0.4) is 0 Å². The van der Waals surface area contributed by atoms with Crippen LogP contribution in [-0.2, 0) is 0 Å². The van der Waals surface area contributed by atoms with Gasteiger partial charge >= 0.3 is 0 Å². The zero-order chi connectivity index (χ0) is 20.2. The van der Waals surface area contributed by atoms with Gasteiger partial charge in [0.15, 0.2) is 11.5 Å². The third kappa shape index (κ3) is 4.16. The van der Waals surface area contributed by atoms with E-state index in [1.807, 2.05) is 0 Å². The second-order valence-corrected chi connectivity index (χ2v) is 6.15. The molecule has 0 atom stereocenters. The number of para-hydroxylation sites is 1. The summed E-state index contributed by atoms with van der Waals surface area (Å²) < 4.78 is 24.7. The van der Waals surface area contributed by atoms with Crippen molar-refractivity contribution in [2.75, 3.05) is 23.8 Å². The van der Waals surface area contributed by atoms with E-state index in [0.29, 0.717) is 30.4 Å². The van der Waals surface area contributed by atoms with Crippen LogP contribution >= 0.6 is 0 Å². The predicted octanol–water partition coefficient (Wildman–Crippen LogP) is 3.50. The summed E-state index contributed by atoms with van der Waals surface area (Å²) in [6, 6.07) is 15.3. The Labute approximate surface area is 165 Å². The summed E-state index contributed by atoms with van der Waals surface area (Å²) in [7, 11) is 0. The van der Waals surface area contributed by atoms with Crippen LogP contribution in [0.5, 0.6) is 11.5 Å². The highest BCUT2D eigenvalue weighted by Crippen LogP contribution is 2.32. The van der Waals surface area contributed by atoms with Gasteiger partial charge in [0.2, 0.25) is 0 Å². The smallest absolute Gasteiger partial charge is 0.274 e. The molecule has 2 amide bonds. The first-order chi connectivity index (χ1) is 14.1. The Kier molecular flexibility index (Phi) is 5.07. The number of amides is 2. The molecular formula is C21H16FN3O4. The molecule has 0 bridgehead atoms. The Morgan fingerprint density at radius 2 is 1.52 bits per heavy atom. The lowest BCUT2D eigenvalue weighted by atomic mass is 10.2. The van der Waals surface area contributed by atoms with Gasteiger partial charge in [0, 0.05) is 11.8 Å². The van der Waals surface area contributed by atoms with E-state index in [4.69, 9.17) is 9.47 Å². The van der Waals surface area contributed by atoms with Crippen LogP contribution in [0, 0.1) is 5.82 Å². The van der Waals surface area contributed by atoms with E-state index in [-0.39, 0.29) is 17.1 Å². The van der Waals surface area contributed by atoms with E-state index in [1.165, 1.54) is 36.4 Å². The number of pyridine rings is 1. The molecule has 2 N–H and O–H groups in total. The van der Waals surface area contributed by atoms with Gasteiger partial charge < -0.3 is 20.1 Å². The van der Waals surface area contributed by atoms with Gasteiger partial charge in [0.05, 0.1) is 5.69 Å². The van der Waals surface area contributed by atoms with Crippen molar-refractivity contribution in [3.05, 3.63) is 77.9 Å². The van der Waals surface area contributed by atoms with Crippen LogP contribution in [0.2, 0.25) is 0 Å². The molecule has 0 radical (unpaired) electrons. The number of aromatic nitrogens is 1.